The number of hydrogen-bond donors (Lipinski definition) is 0. The van der Waals surface area contributed by atoms with E-state index < -0.39 is 0 Å². The van der Waals surface area contributed by atoms with Gasteiger partial charge in [-0.1, -0.05) is 6.92 Å². The van der Waals surface area contributed by atoms with Crippen molar-refractivity contribution in [3.8, 4) is 0 Å². The first-order valence-electron chi connectivity index (χ1n) is 6.05. The summed E-state index contributed by atoms with van der Waals surface area (Å²) in [5.74, 6) is 0. The fourth-order valence-corrected chi connectivity index (χ4v) is 2.90. The molecular weight excluding hydrogens is 220 g/mol. The third kappa shape index (κ3) is 3.27. The summed E-state index contributed by atoms with van der Waals surface area (Å²) in [6.07, 6.45) is 2.66. The lowest BCUT2D eigenvalue weighted by molar-refractivity contribution is -0.0215. The molecule has 4 heteroatoms. The van der Waals surface area contributed by atoms with Crippen LogP contribution >= 0.6 is 11.3 Å². The third-order valence-electron chi connectivity index (χ3n) is 2.77. The maximum Gasteiger partial charge on any atom is 0.0928 e. The maximum atomic E-state index is 5.53. The highest BCUT2D eigenvalue weighted by Gasteiger charge is 2.17. The molecule has 1 saturated heterocycles. The maximum absolute atomic E-state index is 5.53. The lowest BCUT2D eigenvalue weighted by atomic mass is 10.3. The van der Waals surface area contributed by atoms with Crippen molar-refractivity contribution in [2.45, 2.75) is 39.3 Å². The predicted molar refractivity (Wildman–Crippen MR) is 66.8 cm³/mol. The van der Waals surface area contributed by atoms with Crippen LogP contribution in [0.2, 0.25) is 0 Å². The van der Waals surface area contributed by atoms with Crippen molar-refractivity contribution in [2.75, 3.05) is 19.7 Å². The molecule has 0 aromatic carbocycles. The fraction of sp³-hybridized carbons (Fsp3) is 0.750. The molecule has 0 spiro atoms. The number of ether oxygens (including phenoxy) is 1. The van der Waals surface area contributed by atoms with Gasteiger partial charge < -0.3 is 4.74 Å². The van der Waals surface area contributed by atoms with E-state index in [1.54, 1.807) is 11.3 Å². The average molecular weight is 240 g/mol. The van der Waals surface area contributed by atoms with Gasteiger partial charge in [0, 0.05) is 25.0 Å². The van der Waals surface area contributed by atoms with Crippen molar-refractivity contribution in [3.05, 3.63) is 16.1 Å². The van der Waals surface area contributed by atoms with E-state index in [0.29, 0.717) is 6.10 Å². The first-order valence-corrected chi connectivity index (χ1v) is 6.93. The number of aromatic nitrogens is 1. The molecule has 0 radical (unpaired) electrons. The second kappa shape index (κ2) is 5.75. The molecule has 0 saturated carbocycles. The molecule has 16 heavy (non-hydrogen) atoms. The topological polar surface area (TPSA) is 25.4 Å². The standard InChI is InChI=1S/C12H20N2OS/c1-3-4-12-13-11(9-16-12)8-14-5-6-15-10(2)7-14/h9-10H,3-8H2,1-2H3. The zero-order valence-electron chi connectivity index (χ0n) is 10.1. The molecular formula is C12H20N2OS. The first-order chi connectivity index (χ1) is 7.78. The van der Waals surface area contributed by atoms with Crippen LogP contribution in [-0.4, -0.2) is 35.7 Å². The molecule has 1 atom stereocenters. The zero-order valence-corrected chi connectivity index (χ0v) is 10.9. The van der Waals surface area contributed by atoms with Crippen LogP contribution in [0.1, 0.15) is 31.0 Å². The van der Waals surface area contributed by atoms with Crippen LogP contribution in [0, 0.1) is 0 Å². The molecule has 1 fully saturated rings. The van der Waals surface area contributed by atoms with Crippen molar-refractivity contribution in [1.82, 2.24) is 9.88 Å². The third-order valence-corrected chi connectivity index (χ3v) is 3.73. The zero-order chi connectivity index (χ0) is 11.4. The van der Waals surface area contributed by atoms with E-state index in [2.05, 4.69) is 29.1 Å². The minimum Gasteiger partial charge on any atom is -0.376 e. The van der Waals surface area contributed by atoms with Crippen LogP contribution in [0.4, 0.5) is 0 Å². The largest absolute Gasteiger partial charge is 0.376 e. The summed E-state index contributed by atoms with van der Waals surface area (Å²) in [7, 11) is 0. The Morgan fingerprint density at radius 3 is 3.25 bits per heavy atom. The average Bonchev–Trinajstić information content (AvgIpc) is 2.66. The summed E-state index contributed by atoms with van der Waals surface area (Å²) in [5, 5.41) is 3.48. The van der Waals surface area contributed by atoms with Crippen molar-refractivity contribution in [2.24, 2.45) is 0 Å². The van der Waals surface area contributed by atoms with Gasteiger partial charge in [0.15, 0.2) is 0 Å². The Morgan fingerprint density at radius 2 is 2.50 bits per heavy atom. The number of thiazole rings is 1. The van der Waals surface area contributed by atoms with Crippen LogP contribution in [0.5, 0.6) is 0 Å². The van der Waals surface area contributed by atoms with Crippen molar-refractivity contribution < 1.29 is 4.74 Å². The highest BCUT2D eigenvalue weighted by atomic mass is 32.1. The Kier molecular flexibility index (Phi) is 4.32. The van der Waals surface area contributed by atoms with Gasteiger partial charge in [-0.3, -0.25) is 4.90 Å². The monoisotopic (exact) mass is 240 g/mol. The number of morpholine rings is 1. The lowest BCUT2D eigenvalue weighted by Crippen LogP contribution is -2.40. The molecule has 90 valence electrons. The van der Waals surface area contributed by atoms with Gasteiger partial charge in [0.05, 0.1) is 23.4 Å². The molecule has 2 heterocycles. The highest BCUT2D eigenvalue weighted by Crippen LogP contribution is 2.15. The summed E-state index contributed by atoms with van der Waals surface area (Å²) >= 11 is 1.79. The van der Waals surface area contributed by atoms with E-state index in [9.17, 15) is 0 Å². The summed E-state index contributed by atoms with van der Waals surface area (Å²) in [6.45, 7) is 8.23. The van der Waals surface area contributed by atoms with E-state index >= 15 is 0 Å². The van der Waals surface area contributed by atoms with Gasteiger partial charge in [0.1, 0.15) is 0 Å². The molecule has 0 N–H and O–H groups in total. The summed E-state index contributed by atoms with van der Waals surface area (Å²) in [4.78, 5) is 7.08. The molecule has 1 aliphatic rings. The Balaban J connectivity index is 1.87. The van der Waals surface area contributed by atoms with Crippen molar-refractivity contribution >= 4 is 11.3 Å². The molecule has 1 aromatic heterocycles. The fourth-order valence-electron chi connectivity index (χ4n) is 2.01. The molecule has 0 aliphatic carbocycles. The van der Waals surface area contributed by atoms with E-state index in [1.807, 2.05) is 0 Å². The summed E-state index contributed by atoms with van der Waals surface area (Å²) in [6, 6.07) is 0. The van der Waals surface area contributed by atoms with E-state index in [4.69, 9.17) is 4.74 Å². The first kappa shape index (κ1) is 12.0. The molecule has 1 aliphatic heterocycles. The second-order valence-electron chi connectivity index (χ2n) is 4.40. The SMILES string of the molecule is CCCc1nc(CN2CCOC(C)C2)cs1. The van der Waals surface area contributed by atoms with E-state index in [-0.39, 0.29) is 0 Å². The number of aryl methyl sites for hydroxylation is 1. The minimum absolute atomic E-state index is 0.363. The van der Waals surface area contributed by atoms with Crippen LogP contribution < -0.4 is 0 Å². The van der Waals surface area contributed by atoms with Crippen molar-refractivity contribution in [1.29, 1.82) is 0 Å². The number of nitrogens with zero attached hydrogens (tertiary/aromatic N) is 2. The van der Waals surface area contributed by atoms with Crippen LogP contribution in [0.15, 0.2) is 5.38 Å². The van der Waals surface area contributed by atoms with E-state index in [1.165, 1.54) is 17.1 Å². The Labute approximate surface area is 101 Å². The van der Waals surface area contributed by atoms with E-state index in [0.717, 1.165) is 32.7 Å². The Morgan fingerprint density at radius 1 is 1.62 bits per heavy atom. The van der Waals surface area contributed by atoms with Gasteiger partial charge in [0.2, 0.25) is 0 Å². The van der Waals surface area contributed by atoms with Gasteiger partial charge >= 0.3 is 0 Å². The van der Waals surface area contributed by atoms with Crippen LogP contribution in [0.25, 0.3) is 0 Å². The molecule has 3 nitrogen and oxygen atoms in total. The Bertz CT molecular complexity index is 327. The van der Waals surface area contributed by atoms with Gasteiger partial charge in [-0.05, 0) is 19.8 Å². The molecule has 2 rings (SSSR count). The minimum atomic E-state index is 0.363. The second-order valence-corrected chi connectivity index (χ2v) is 5.34. The lowest BCUT2D eigenvalue weighted by Gasteiger charge is -2.30. The van der Waals surface area contributed by atoms with Crippen LogP contribution in [-0.2, 0) is 17.7 Å². The normalized spacial score (nSPS) is 22.5. The quantitative estimate of drug-likeness (QED) is 0.807. The summed E-state index contributed by atoms with van der Waals surface area (Å²) in [5.41, 5.74) is 1.22. The van der Waals surface area contributed by atoms with Gasteiger partial charge in [-0.2, -0.15) is 0 Å². The van der Waals surface area contributed by atoms with Gasteiger partial charge in [-0.25, -0.2) is 4.98 Å². The van der Waals surface area contributed by atoms with Crippen molar-refractivity contribution in [3.63, 3.8) is 0 Å². The highest BCUT2D eigenvalue weighted by molar-refractivity contribution is 7.09. The number of rotatable bonds is 4. The van der Waals surface area contributed by atoms with Gasteiger partial charge in [-0.15, -0.1) is 11.3 Å². The molecule has 1 unspecified atom stereocenters. The molecule has 1 aromatic rings. The van der Waals surface area contributed by atoms with Crippen LogP contribution in [0.3, 0.4) is 0 Å². The number of hydrogen-bond acceptors (Lipinski definition) is 4. The Hall–Kier alpha value is -0.450. The summed E-state index contributed by atoms with van der Waals surface area (Å²) < 4.78 is 5.53. The predicted octanol–water partition coefficient (Wildman–Crippen LogP) is 2.32. The smallest absolute Gasteiger partial charge is 0.0928 e. The molecule has 0 amide bonds. The van der Waals surface area contributed by atoms with Gasteiger partial charge in [0.25, 0.3) is 0 Å². The molecule has 0 bridgehead atoms.